The lowest BCUT2D eigenvalue weighted by Crippen LogP contribution is -2.39. The van der Waals surface area contributed by atoms with Crippen LogP contribution in [0.5, 0.6) is 11.5 Å². The summed E-state index contributed by atoms with van der Waals surface area (Å²) in [6.07, 6.45) is 8.14. The number of aryl methyl sites for hydroxylation is 1. The Morgan fingerprint density at radius 3 is 2.41 bits per heavy atom. The molecule has 1 aliphatic carbocycles. The van der Waals surface area contributed by atoms with Crippen LogP contribution < -0.4 is 8.92 Å². The van der Waals surface area contributed by atoms with Crippen LogP contribution in [-0.4, -0.2) is 32.9 Å². The molecule has 1 aliphatic rings. The van der Waals surface area contributed by atoms with Crippen molar-refractivity contribution in [3.8, 4) is 11.5 Å². The highest BCUT2D eigenvalue weighted by atomic mass is 32.2. The number of allylic oxidation sites excluding steroid dienone is 1. The largest absolute Gasteiger partial charge is 0.476 e. The van der Waals surface area contributed by atoms with Gasteiger partial charge in [0.05, 0.1) is 12.9 Å². The third-order valence-electron chi connectivity index (χ3n) is 5.26. The Bertz CT molecular complexity index is 1080. The van der Waals surface area contributed by atoms with Gasteiger partial charge in [0.25, 0.3) is 0 Å². The van der Waals surface area contributed by atoms with Crippen LogP contribution in [0, 0.1) is 0 Å². The zero-order valence-corrected chi connectivity index (χ0v) is 19.8. The maximum absolute atomic E-state index is 12.0. The van der Waals surface area contributed by atoms with Gasteiger partial charge in [0.2, 0.25) is 0 Å². The molecule has 0 amide bonds. The summed E-state index contributed by atoms with van der Waals surface area (Å²) in [6, 6.07) is 13.2. The topological polar surface area (TPSA) is 78.9 Å². The summed E-state index contributed by atoms with van der Waals surface area (Å²) in [5.74, 6) is 0.894. The van der Waals surface area contributed by atoms with Crippen LogP contribution in [0.2, 0.25) is 0 Å². The Balaban J connectivity index is 1.52. The monoisotopic (exact) mass is 458 g/mol. The summed E-state index contributed by atoms with van der Waals surface area (Å²) in [6.45, 7) is 5.48. The van der Waals surface area contributed by atoms with Crippen LogP contribution in [0.25, 0.3) is 6.08 Å². The molecule has 0 bridgehead atoms. The Hall–Kier alpha value is -2.80. The van der Waals surface area contributed by atoms with Crippen molar-refractivity contribution < 1.29 is 26.9 Å². The third kappa shape index (κ3) is 6.36. The molecule has 3 rings (SSSR count). The first kappa shape index (κ1) is 23.9. The molecule has 1 atom stereocenters. The van der Waals surface area contributed by atoms with E-state index in [0.29, 0.717) is 24.0 Å². The van der Waals surface area contributed by atoms with Crippen molar-refractivity contribution in [2.75, 3.05) is 12.9 Å². The van der Waals surface area contributed by atoms with E-state index in [-0.39, 0.29) is 5.97 Å². The van der Waals surface area contributed by atoms with Crippen molar-refractivity contribution in [3.05, 3.63) is 65.2 Å². The predicted octanol–water partition coefficient (Wildman–Crippen LogP) is 4.88. The molecule has 1 unspecified atom stereocenters. The van der Waals surface area contributed by atoms with Crippen molar-refractivity contribution in [2.24, 2.45) is 0 Å². The van der Waals surface area contributed by atoms with Crippen LogP contribution >= 0.6 is 0 Å². The first-order valence-electron chi connectivity index (χ1n) is 10.7. The number of carbonyl (C=O) groups excluding carboxylic acids is 1. The Kier molecular flexibility index (Phi) is 7.29. The number of carbonyl (C=O) groups is 1. The number of esters is 1. The first-order chi connectivity index (χ1) is 15.1. The van der Waals surface area contributed by atoms with Gasteiger partial charge in [-0.25, -0.2) is 4.79 Å². The number of hydrogen-bond acceptors (Lipinski definition) is 6. The molecule has 2 aromatic rings. The zero-order valence-electron chi connectivity index (χ0n) is 19.0. The first-order valence-corrected chi connectivity index (χ1v) is 12.6. The molecular formula is C25H30O6S. The lowest BCUT2D eigenvalue weighted by molar-refractivity contribution is -0.158. The van der Waals surface area contributed by atoms with Gasteiger partial charge in [0.15, 0.2) is 5.60 Å². The lowest BCUT2D eigenvalue weighted by atomic mass is 9.94. The smallest absolute Gasteiger partial charge is 0.349 e. The van der Waals surface area contributed by atoms with Crippen LogP contribution in [0.4, 0.5) is 0 Å². The van der Waals surface area contributed by atoms with E-state index in [9.17, 15) is 13.2 Å². The summed E-state index contributed by atoms with van der Waals surface area (Å²) < 4.78 is 38.5. The zero-order chi connectivity index (χ0) is 23.4. The molecule has 7 heteroatoms. The fourth-order valence-corrected chi connectivity index (χ4v) is 4.18. The van der Waals surface area contributed by atoms with E-state index in [4.69, 9.17) is 13.7 Å². The van der Waals surface area contributed by atoms with E-state index in [2.05, 4.69) is 6.08 Å². The minimum absolute atomic E-state index is 0.310. The number of benzene rings is 2. The fraction of sp³-hybridized carbons (Fsp3) is 0.400. The normalized spacial score (nSPS) is 15.3. The van der Waals surface area contributed by atoms with Crippen LogP contribution in [-0.2, 0) is 26.1 Å². The van der Waals surface area contributed by atoms with Gasteiger partial charge in [-0.1, -0.05) is 30.4 Å². The van der Waals surface area contributed by atoms with Crippen LogP contribution in [0.15, 0.2) is 48.5 Å². The highest BCUT2D eigenvalue weighted by molar-refractivity contribution is 7.86. The summed E-state index contributed by atoms with van der Waals surface area (Å²) in [4.78, 5) is 12.0. The van der Waals surface area contributed by atoms with Gasteiger partial charge in [0, 0.05) is 5.92 Å². The molecule has 32 heavy (non-hydrogen) atoms. The van der Waals surface area contributed by atoms with E-state index in [1.807, 2.05) is 36.4 Å². The molecule has 0 saturated heterocycles. The van der Waals surface area contributed by atoms with Crippen LogP contribution in [0.1, 0.15) is 56.2 Å². The molecule has 0 N–H and O–H groups in total. The number of ether oxygens (including phenoxy) is 2. The average Bonchev–Trinajstić information content (AvgIpc) is 3.10. The SMILES string of the molecule is CCOC(=O)C(C)(C)Oc1ccc(CCCC2C=Cc3cc(OS(C)(=O)=O)ccc32)cc1. The van der Waals surface area contributed by atoms with Gasteiger partial charge in [-0.05, 0) is 81.0 Å². The van der Waals surface area contributed by atoms with Crippen molar-refractivity contribution in [1.82, 2.24) is 0 Å². The maximum Gasteiger partial charge on any atom is 0.349 e. The molecule has 2 aromatic carbocycles. The van der Waals surface area contributed by atoms with E-state index < -0.39 is 15.7 Å². The van der Waals surface area contributed by atoms with Crippen molar-refractivity contribution in [3.63, 3.8) is 0 Å². The number of fused-ring (bicyclic) bond motifs is 1. The van der Waals surface area contributed by atoms with E-state index >= 15 is 0 Å². The molecule has 6 nitrogen and oxygen atoms in total. The minimum Gasteiger partial charge on any atom is -0.476 e. The lowest BCUT2D eigenvalue weighted by Gasteiger charge is -2.24. The van der Waals surface area contributed by atoms with Gasteiger partial charge in [0.1, 0.15) is 11.5 Å². The van der Waals surface area contributed by atoms with E-state index in [0.717, 1.165) is 31.1 Å². The fourth-order valence-electron chi connectivity index (χ4n) is 3.73. The summed E-state index contributed by atoms with van der Waals surface area (Å²) in [7, 11) is -3.53. The van der Waals surface area contributed by atoms with Gasteiger partial charge in [-0.2, -0.15) is 8.42 Å². The third-order valence-corrected chi connectivity index (χ3v) is 5.75. The Morgan fingerprint density at radius 1 is 1.06 bits per heavy atom. The molecule has 0 heterocycles. The second kappa shape index (κ2) is 9.77. The maximum atomic E-state index is 12.0. The van der Waals surface area contributed by atoms with Gasteiger partial charge < -0.3 is 13.7 Å². The molecule has 0 aliphatic heterocycles. The van der Waals surface area contributed by atoms with Gasteiger partial charge in [-0.3, -0.25) is 0 Å². The van der Waals surface area contributed by atoms with Crippen molar-refractivity contribution in [1.29, 1.82) is 0 Å². The molecule has 0 saturated carbocycles. The van der Waals surface area contributed by atoms with Crippen LogP contribution in [0.3, 0.4) is 0 Å². The second-order valence-corrected chi connectivity index (χ2v) is 9.99. The highest BCUT2D eigenvalue weighted by Crippen LogP contribution is 2.36. The molecular weight excluding hydrogens is 428 g/mol. The minimum atomic E-state index is -3.53. The molecule has 0 spiro atoms. The molecule has 0 fully saturated rings. The molecule has 172 valence electrons. The summed E-state index contributed by atoms with van der Waals surface area (Å²) in [5.41, 5.74) is 2.36. The van der Waals surface area contributed by atoms with E-state index in [1.165, 1.54) is 11.1 Å². The predicted molar refractivity (Wildman–Crippen MR) is 124 cm³/mol. The quantitative estimate of drug-likeness (QED) is 0.373. The van der Waals surface area contributed by atoms with Gasteiger partial charge >= 0.3 is 16.1 Å². The number of hydrogen-bond donors (Lipinski definition) is 0. The van der Waals surface area contributed by atoms with Crippen molar-refractivity contribution in [2.45, 2.75) is 51.6 Å². The second-order valence-electron chi connectivity index (χ2n) is 8.41. The number of rotatable bonds is 10. The van der Waals surface area contributed by atoms with E-state index in [1.54, 1.807) is 32.9 Å². The molecule has 0 aromatic heterocycles. The average molecular weight is 459 g/mol. The summed E-state index contributed by atoms with van der Waals surface area (Å²) >= 11 is 0. The van der Waals surface area contributed by atoms with Crippen molar-refractivity contribution >= 4 is 22.2 Å². The molecule has 0 radical (unpaired) electrons. The Morgan fingerprint density at radius 2 is 1.75 bits per heavy atom. The Labute approximate surface area is 190 Å². The standard InChI is InChI=1S/C25H30O6S/c1-5-29-24(26)25(2,3)30-21-13-9-18(10-14-21)7-6-8-19-11-12-20-17-22(15-16-23(19)20)31-32(4,27)28/h9-17,19H,5-8H2,1-4H3. The highest BCUT2D eigenvalue weighted by Gasteiger charge is 2.31. The summed E-state index contributed by atoms with van der Waals surface area (Å²) in [5, 5.41) is 0. The van der Waals surface area contributed by atoms with Gasteiger partial charge in [-0.15, -0.1) is 0 Å².